The molecule has 0 saturated carbocycles. The van der Waals surface area contributed by atoms with Gasteiger partial charge >= 0.3 is 0 Å². The summed E-state index contributed by atoms with van der Waals surface area (Å²) in [7, 11) is 0. The second kappa shape index (κ2) is 25.0. The van der Waals surface area contributed by atoms with Crippen LogP contribution in [0.3, 0.4) is 0 Å². The quantitative estimate of drug-likeness (QED) is 0.106. The van der Waals surface area contributed by atoms with E-state index in [1.165, 1.54) is 174 Å². The summed E-state index contributed by atoms with van der Waals surface area (Å²) >= 11 is 0. The highest BCUT2D eigenvalue weighted by atomic mass is 15.4. The van der Waals surface area contributed by atoms with Crippen molar-refractivity contribution < 1.29 is 0 Å². The van der Waals surface area contributed by atoms with E-state index < -0.39 is 0 Å². The lowest BCUT2D eigenvalue weighted by atomic mass is 10.0. The van der Waals surface area contributed by atoms with Crippen LogP contribution in [-0.2, 0) is 0 Å². The molecule has 2 heteroatoms. The van der Waals surface area contributed by atoms with E-state index in [0.717, 1.165) is 0 Å². The van der Waals surface area contributed by atoms with Gasteiger partial charge in [0.05, 0.1) is 0 Å². The Morgan fingerprint density at radius 3 is 1.00 bits per heavy atom. The van der Waals surface area contributed by atoms with Gasteiger partial charge < -0.3 is 9.80 Å². The minimum Gasteiger partial charge on any atom is -0.356 e. The molecule has 0 radical (unpaired) electrons. The maximum atomic E-state index is 2.70. The third kappa shape index (κ3) is 18.3. The molecule has 2 nitrogen and oxygen atoms in total. The van der Waals surface area contributed by atoms with Gasteiger partial charge in [0.2, 0.25) is 0 Å². The van der Waals surface area contributed by atoms with Crippen molar-refractivity contribution in [2.24, 2.45) is 0 Å². The van der Waals surface area contributed by atoms with Crippen LogP contribution in [0.4, 0.5) is 0 Å². The van der Waals surface area contributed by atoms with Crippen LogP contribution < -0.4 is 0 Å². The van der Waals surface area contributed by atoms with E-state index in [4.69, 9.17) is 0 Å². The van der Waals surface area contributed by atoms with Gasteiger partial charge in [-0.2, -0.15) is 0 Å². The summed E-state index contributed by atoms with van der Waals surface area (Å²) < 4.78 is 0. The standard InChI is InChI=1S/C33H66N2/c1-4-7-10-13-15-17-19-21-24-27-30-35-32-31-34(29-26-23-12-9-6-3)33(35)28-25-22-20-18-16-14-11-8-5-2/h31-33H,4-30H2,1-3H3. The molecule has 1 aliphatic rings. The third-order valence-corrected chi connectivity index (χ3v) is 8.07. The van der Waals surface area contributed by atoms with E-state index in [2.05, 4.69) is 43.0 Å². The second-order valence-corrected chi connectivity index (χ2v) is 11.5. The summed E-state index contributed by atoms with van der Waals surface area (Å²) in [6.07, 6.45) is 41.0. The van der Waals surface area contributed by atoms with Crippen molar-refractivity contribution in [1.82, 2.24) is 9.80 Å². The number of hydrogen-bond donors (Lipinski definition) is 0. The van der Waals surface area contributed by atoms with Gasteiger partial charge in [-0.15, -0.1) is 0 Å². The molecule has 0 amide bonds. The summed E-state index contributed by atoms with van der Waals surface area (Å²) in [6, 6.07) is 0. The molecular formula is C33H66N2. The largest absolute Gasteiger partial charge is 0.356 e. The monoisotopic (exact) mass is 491 g/mol. The Morgan fingerprint density at radius 2 is 0.657 bits per heavy atom. The number of unbranched alkanes of at least 4 members (excludes halogenated alkanes) is 21. The molecule has 0 aromatic carbocycles. The SMILES string of the molecule is CCCCCCCCCCCCN1C=CN(CCCCCCC)C1CCCCCCCCCCC. The molecule has 208 valence electrons. The highest BCUT2D eigenvalue weighted by molar-refractivity contribution is 4.97. The highest BCUT2D eigenvalue weighted by Gasteiger charge is 2.24. The molecule has 1 rings (SSSR count). The molecule has 1 heterocycles. The average Bonchev–Trinajstić information content (AvgIpc) is 3.25. The summed E-state index contributed by atoms with van der Waals surface area (Å²) in [4.78, 5) is 5.38. The Labute approximate surface area is 222 Å². The van der Waals surface area contributed by atoms with Crippen molar-refractivity contribution in [3.63, 3.8) is 0 Å². The van der Waals surface area contributed by atoms with E-state index in [1.807, 2.05) is 0 Å². The maximum Gasteiger partial charge on any atom is 0.101 e. The highest BCUT2D eigenvalue weighted by Crippen LogP contribution is 2.24. The summed E-state index contributed by atoms with van der Waals surface area (Å²) in [5.41, 5.74) is 0. The molecule has 35 heavy (non-hydrogen) atoms. The molecule has 1 unspecified atom stereocenters. The summed E-state index contributed by atoms with van der Waals surface area (Å²) in [5, 5.41) is 0. The Bertz CT molecular complexity index is 446. The lowest BCUT2D eigenvalue weighted by Gasteiger charge is -2.33. The molecule has 0 spiro atoms. The number of hydrogen-bond acceptors (Lipinski definition) is 2. The minimum absolute atomic E-state index is 0.643. The van der Waals surface area contributed by atoms with Gasteiger partial charge in [0, 0.05) is 25.5 Å². The maximum absolute atomic E-state index is 2.70. The van der Waals surface area contributed by atoms with Crippen molar-refractivity contribution >= 4 is 0 Å². The topological polar surface area (TPSA) is 6.48 Å². The molecule has 0 saturated heterocycles. The zero-order chi connectivity index (χ0) is 25.2. The van der Waals surface area contributed by atoms with E-state index in [1.54, 1.807) is 0 Å². The zero-order valence-corrected chi connectivity index (χ0v) is 24.7. The van der Waals surface area contributed by atoms with Gasteiger partial charge in [0.15, 0.2) is 0 Å². The molecule has 0 bridgehead atoms. The Hall–Kier alpha value is -0.660. The number of nitrogens with zero attached hydrogens (tertiary/aromatic N) is 2. The van der Waals surface area contributed by atoms with Crippen LogP contribution in [0.1, 0.15) is 181 Å². The summed E-state index contributed by atoms with van der Waals surface area (Å²) in [6.45, 7) is 9.46. The molecule has 0 aliphatic carbocycles. The normalized spacial score (nSPS) is 15.6. The van der Waals surface area contributed by atoms with E-state index in [-0.39, 0.29) is 0 Å². The van der Waals surface area contributed by atoms with Crippen LogP contribution in [0, 0.1) is 0 Å². The van der Waals surface area contributed by atoms with E-state index in [0.29, 0.717) is 6.17 Å². The average molecular weight is 491 g/mol. The van der Waals surface area contributed by atoms with E-state index in [9.17, 15) is 0 Å². The van der Waals surface area contributed by atoms with Crippen LogP contribution in [0.25, 0.3) is 0 Å². The zero-order valence-electron chi connectivity index (χ0n) is 24.7. The first-order valence-electron chi connectivity index (χ1n) is 16.5. The van der Waals surface area contributed by atoms with Crippen LogP contribution in [0.5, 0.6) is 0 Å². The molecular weight excluding hydrogens is 424 g/mol. The van der Waals surface area contributed by atoms with Crippen LogP contribution in [-0.4, -0.2) is 29.1 Å². The van der Waals surface area contributed by atoms with Gasteiger partial charge in [0.25, 0.3) is 0 Å². The van der Waals surface area contributed by atoms with Crippen molar-refractivity contribution in [3.05, 3.63) is 12.4 Å². The summed E-state index contributed by atoms with van der Waals surface area (Å²) in [5.74, 6) is 0. The molecule has 0 aromatic rings. The van der Waals surface area contributed by atoms with Gasteiger partial charge in [-0.25, -0.2) is 0 Å². The lowest BCUT2D eigenvalue weighted by Crippen LogP contribution is -2.39. The van der Waals surface area contributed by atoms with Gasteiger partial charge in [-0.05, 0) is 25.7 Å². The predicted molar refractivity (Wildman–Crippen MR) is 159 cm³/mol. The fourth-order valence-electron chi connectivity index (χ4n) is 5.66. The molecule has 0 N–H and O–H groups in total. The van der Waals surface area contributed by atoms with Crippen molar-refractivity contribution in [3.8, 4) is 0 Å². The van der Waals surface area contributed by atoms with Crippen molar-refractivity contribution in [2.45, 2.75) is 187 Å². The third-order valence-electron chi connectivity index (χ3n) is 8.07. The first kappa shape index (κ1) is 32.4. The van der Waals surface area contributed by atoms with Crippen molar-refractivity contribution in [2.75, 3.05) is 13.1 Å². The van der Waals surface area contributed by atoms with Crippen LogP contribution in [0.2, 0.25) is 0 Å². The van der Waals surface area contributed by atoms with Crippen LogP contribution >= 0.6 is 0 Å². The number of rotatable bonds is 27. The predicted octanol–water partition coefficient (Wildman–Crippen LogP) is 11.2. The first-order chi connectivity index (χ1) is 17.3. The molecule has 1 atom stereocenters. The Morgan fingerprint density at radius 1 is 0.371 bits per heavy atom. The fourth-order valence-corrected chi connectivity index (χ4v) is 5.66. The molecule has 0 fully saturated rings. The first-order valence-corrected chi connectivity index (χ1v) is 16.5. The van der Waals surface area contributed by atoms with E-state index >= 15 is 0 Å². The van der Waals surface area contributed by atoms with Gasteiger partial charge in [0.1, 0.15) is 6.17 Å². The van der Waals surface area contributed by atoms with Gasteiger partial charge in [-0.1, -0.05) is 156 Å². The fraction of sp³-hybridized carbons (Fsp3) is 0.939. The van der Waals surface area contributed by atoms with Crippen LogP contribution in [0.15, 0.2) is 12.4 Å². The Kier molecular flexibility index (Phi) is 23.1. The Balaban J connectivity index is 2.23. The minimum atomic E-state index is 0.643. The lowest BCUT2D eigenvalue weighted by molar-refractivity contribution is 0.135. The van der Waals surface area contributed by atoms with Gasteiger partial charge in [-0.3, -0.25) is 0 Å². The smallest absolute Gasteiger partial charge is 0.101 e. The molecule has 1 aliphatic heterocycles. The second-order valence-electron chi connectivity index (χ2n) is 11.5. The van der Waals surface area contributed by atoms with Crippen molar-refractivity contribution in [1.29, 1.82) is 0 Å². The molecule has 0 aromatic heterocycles.